The molecule has 1 rings (SSSR count). The van der Waals surface area contributed by atoms with E-state index in [1.165, 1.54) is 0 Å². The Morgan fingerprint density at radius 2 is 1.94 bits per heavy atom. The summed E-state index contributed by atoms with van der Waals surface area (Å²) in [6, 6.07) is 3.86. The van der Waals surface area contributed by atoms with Crippen molar-refractivity contribution in [3.63, 3.8) is 0 Å². The van der Waals surface area contributed by atoms with Crippen LogP contribution in [0.3, 0.4) is 0 Å². The lowest BCUT2D eigenvalue weighted by atomic mass is 10.2. The van der Waals surface area contributed by atoms with E-state index in [0.29, 0.717) is 0 Å². The highest BCUT2D eigenvalue weighted by Crippen LogP contribution is 2.35. The largest absolute Gasteiger partial charge is 0.496 e. The summed E-state index contributed by atoms with van der Waals surface area (Å²) in [6.45, 7) is 2.17. The summed E-state index contributed by atoms with van der Waals surface area (Å²) in [7, 11) is 3.29. The highest BCUT2D eigenvalue weighted by Gasteiger charge is 2.11. The molecule has 0 saturated heterocycles. The van der Waals surface area contributed by atoms with E-state index < -0.39 is 0 Å². The molecule has 96 valence electrons. The van der Waals surface area contributed by atoms with Crippen LogP contribution in [0.4, 0.5) is 0 Å². The molecule has 5 heteroatoms. The zero-order valence-corrected chi connectivity index (χ0v) is 12.6. The Kier molecular flexibility index (Phi) is 6.16. The second-order valence-corrected chi connectivity index (χ2v) is 5.88. The fraction of sp³-hybridized carbons (Fsp3) is 0.500. The Labute approximate surface area is 115 Å². The molecule has 0 aliphatic heterocycles. The SMILES string of the molecule is COc1cc(CSC(C)CO)c(OC)cc1Br. The molecule has 1 unspecified atom stereocenters. The topological polar surface area (TPSA) is 38.7 Å². The van der Waals surface area contributed by atoms with Crippen LogP contribution in [-0.2, 0) is 5.75 Å². The molecule has 0 aliphatic rings. The molecule has 1 N–H and O–H groups in total. The molecule has 0 aliphatic carbocycles. The lowest BCUT2D eigenvalue weighted by Crippen LogP contribution is -2.03. The predicted molar refractivity (Wildman–Crippen MR) is 75.1 cm³/mol. The van der Waals surface area contributed by atoms with Crippen molar-refractivity contribution in [1.82, 2.24) is 0 Å². The van der Waals surface area contributed by atoms with E-state index in [1.807, 2.05) is 19.1 Å². The summed E-state index contributed by atoms with van der Waals surface area (Å²) >= 11 is 5.11. The van der Waals surface area contributed by atoms with Gasteiger partial charge < -0.3 is 14.6 Å². The van der Waals surface area contributed by atoms with Gasteiger partial charge in [-0.1, -0.05) is 6.92 Å². The second kappa shape index (κ2) is 7.13. The van der Waals surface area contributed by atoms with Gasteiger partial charge in [0.2, 0.25) is 0 Å². The van der Waals surface area contributed by atoms with Gasteiger partial charge in [0.25, 0.3) is 0 Å². The van der Waals surface area contributed by atoms with Crippen molar-refractivity contribution in [2.75, 3.05) is 20.8 Å². The third-order valence-electron chi connectivity index (χ3n) is 2.34. The monoisotopic (exact) mass is 320 g/mol. The van der Waals surface area contributed by atoms with E-state index in [9.17, 15) is 0 Å². The number of hydrogen-bond donors (Lipinski definition) is 1. The van der Waals surface area contributed by atoms with E-state index in [2.05, 4.69) is 15.9 Å². The summed E-state index contributed by atoms with van der Waals surface area (Å²) in [6.07, 6.45) is 0. The first-order valence-corrected chi connectivity index (χ1v) is 7.09. The average Bonchev–Trinajstić information content (AvgIpc) is 2.36. The number of hydrogen-bond acceptors (Lipinski definition) is 4. The van der Waals surface area contributed by atoms with E-state index in [-0.39, 0.29) is 11.9 Å². The van der Waals surface area contributed by atoms with Crippen molar-refractivity contribution in [3.8, 4) is 11.5 Å². The Bertz CT molecular complexity index is 371. The Balaban J connectivity index is 2.88. The lowest BCUT2D eigenvalue weighted by molar-refractivity contribution is 0.300. The van der Waals surface area contributed by atoms with Crippen molar-refractivity contribution in [3.05, 3.63) is 22.2 Å². The van der Waals surface area contributed by atoms with Gasteiger partial charge in [0.05, 0.1) is 25.3 Å². The highest BCUT2D eigenvalue weighted by molar-refractivity contribution is 9.10. The summed E-state index contributed by atoms with van der Waals surface area (Å²) in [5.41, 5.74) is 1.07. The number of aliphatic hydroxyl groups is 1. The number of benzene rings is 1. The minimum absolute atomic E-state index is 0.181. The van der Waals surface area contributed by atoms with Gasteiger partial charge in [-0.05, 0) is 28.1 Å². The van der Waals surface area contributed by atoms with Crippen LogP contribution in [0, 0.1) is 0 Å². The first kappa shape index (κ1) is 14.7. The molecule has 17 heavy (non-hydrogen) atoms. The van der Waals surface area contributed by atoms with Gasteiger partial charge in [0, 0.05) is 16.6 Å². The molecule has 1 aromatic rings. The van der Waals surface area contributed by atoms with Crippen LogP contribution < -0.4 is 9.47 Å². The van der Waals surface area contributed by atoms with Crippen LogP contribution in [0.1, 0.15) is 12.5 Å². The highest BCUT2D eigenvalue weighted by atomic mass is 79.9. The van der Waals surface area contributed by atoms with E-state index >= 15 is 0 Å². The molecule has 0 amide bonds. The van der Waals surface area contributed by atoms with Gasteiger partial charge in [0.1, 0.15) is 11.5 Å². The maximum absolute atomic E-state index is 9.00. The minimum Gasteiger partial charge on any atom is -0.496 e. The van der Waals surface area contributed by atoms with Gasteiger partial charge in [-0.15, -0.1) is 0 Å². The van der Waals surface area contributed by atoms with E-state index in [1.54, 1.807) is 26.0 Å². The standard InChI is InChI=1S/C12H17BrO3S/c1-8(6-14)17-7-9-4-12(16-3)10(13)5-11(9)15-2/h4-5,8,14H,6-7H2,1-3H3. The fourth-order valence-electron chi connectivity index (χ4n) is 1.32. The molecule has 0 bridgehead atoms. The van der Waals surface area contributed by atoms with Crippen LogP contribution in [0.5, 0.6) is 11.5 Å². The lowest BCUT2D eigenvalue weighted by Gasteiger charge is -2.13. The van der Waals surface area contributed by atoms with Crippen molar-refractivity contribution in [2.24, 2.45) is 0 Å². The van der Waals surface area contributed by atoms with E-state index in [4.69, 9.17) is 14.6 Å². The maximum atomic E-state index is 9.00. The maximum Gasteiger partial charge on any atom is 0.133 e. The molecule has 0 radical (unpaired) electrons. The smallest absolute Gasteiger partial charge is 0.133 e. The molecule has 0 aromatic heterocycles. The van der Waals surface area contributed by atoms with Gasteiger partial charge in [-0.2, -0.15) is 11.8 Å². The number of aliphatic hydroxyl groups excluding tert-OH is 1. The number of methoxy groups -OCH3 is 2. The average molecular weight is 321 g/mol. The number of halogens is 1. The summed E-state index contributed by atoms with van der Waals surface area (Å²) in [5.74, 6) is 2.41. The first-order chi connectivity index (χ1) is 8.12. The van der Waals surface area contributed by atoms with Crippen LogP contribution in [0.2, 0.25) is 0 Å². The fourth-order valence-corrected chi connectivity index (χ4v) is 2.60. The Morgan fingerprint density at radius 1 is 1.29 bits per heavy atom. The van der Waals surface area contributed by atoms with Crippen molar-refractivity contribution in [1.29, 1.82) is 0 Å². The molecule has 1 aromatic carbocycles. The van der Waals surface area contributed by atoms with Crippen molar-refractivity contribution < 1.29 is 14.6 Å². The quantitative estimate of drug-likeness (QED) is 0.874. The summed E-state index contributed by atoms with van der Waals surface area (Å²) < 4.78 is 11.5. The minimum atomic E-state index is 0.181. The van der Waals surface area contributed by atoms with Gasteiger partial charge in [0.15, 0.2) is 0 Å². The zero-order chi connectivity index (χ0) is 12.8. The van der Waals surface area contributed by atoms with Crippen molar-refractivity contribution in [2.45, 2.75) is 17.9 Å². The normalized spacial score (nSPS) is 12.3. The molecular weight excluding hydrogens is 304 g/mol. The zero-order valence-electron chi connectivity index (χ0n) is 10.2. The summed E-state index contributed by atoms with van der Waals surface area (Å²) in [5, 5.41) is 9.22. The molecular formula is C12H17BrO3S. The molecule has 1 atom stereocenters. The second-order valence-electron chi connectivity index (χ2n) is 3.60. The molecule has 3 nitrogen and oxygen atoms in total. The summed E-state index contributed by atoms with van der Waals surface area (Å²) in [4.78, 5) is 0. The molecule has 0 heterocycles. The number of ether oxygens (including phenoxy) is 2. The van der Waals surface area contributed by atoms with Crippen LogP contribution >= 0.6 is 27.7 Å². The first-order valence-electron chi connectivity index (χ1n) is 5.25. The van der Waals surface area contributed by atoms with Crippen LogP contribution in [0.25, 0.3) is 0 Å². The van der Waals surface area contributed by atoms with Crippen LogP contribution in [0.15, 0.2) is 16.6 Å². The Hall–Kier alpha value is -0.390. The third-order valence-corrected chi connectivity index (χ3v) is 4.15. The van der Waals surface area contributed by atoms with Gasteiger partial charge >= 0.3 is 0 Å². The molecule has 0 saturated carbocycles. The number of thioether (sulfide) groups is 1. The molecule has 0 spiro atoms. The van der Waals surface area contributed by atoms with Gasteiger partial charge in [-0.25, -0.2) is 0 Å². The Morgan fingerprint density at radius 3 is 2.47 bits per heavy atom. The van der Waals surface area contributed by atoms with Crippen LogP contribution in [-0.4, -0.2) is 31.2 Å². The number of rotatable bonds is 6. The molecule has 0 fully saturated rings. The predicted octanol–water partition coefficient (Wildman–Crippen LogP) is 3.08. The van der Waals surface area contributed by atoms with Crippen molar-refractivity contribution >= 4 is 27.7 Å². The van der Waals surface area contributed by atoms with Gasteiger partial charge in [-0.3, -0.25) is 0 Å². The third kappa shape index (κ3) is 4.08. The van der Waals surface area contributed by atoms with E-state index in [0.717, 1.165) is 27.3 Å².